The molecule has 30 heavy (non-hydrogen) atoms. The van der Waals surface area contributed by atoms with E-state index in [1.54, 1.807) is 12.1 Å². The number of nitrogens with one attached hydrogen (secondary N) is 1. The molecule has 4 rings (SSSR count). The summed E-state index contributed by atoms with van der Waals surface area (Å²) < 4.78 is 5.37. The summed E-state index contributed by atoms with van der Waals surface area (Å²) in [7, 11) is 0. The molecule has 0 bridgehead atoms. The van der Waals surface area contributed by atoms with Crippen LogP contribution < -0.4 is 5.32 Å². The number of imide groups is 1. The van der Waals surface area contributed by atoms with Crippen molar-refractivity contribution < 1.29 is 14.0 Å². The number of carbonyl (C=O) groups is 2. The molecule has 2 heterocycles. The molecule has 2 amide bonds. The molecule has 1 N–H and O–H groups in total. The standard InChI is InChI=1S/C25H24N2O3/c1-15-10-16(2)12-20(11-15)26-23-22(19-8-7-17(3)18(4)13-19)24(28)27(25(23)29)14-21-6-5-9-30-21/h5-13,26H,14H2,1-4H3. The molecule has 1 aliphatic heterocycles. The van der Waals surface area contributed by atoms with Crippen LogP contribution in [0.1, 0.15) is 33.6 Å². The third-order valence-corrected chi connectivity index (χ3v) is 5.35. The molecule has 0 aliphatic carbocycles. The van der Waals surface area contributed by atoms with Gasteiger partial charge in [0.1, 0.15) is 11.5 Å². The van der Waals surface area contributed by atoms with Crippen LogP contribution in [-0.2, 0) is 16.1 Å². The normalized spacial score (nSPS) is 14.1. The van der Waals surface area contributed by atoms with Crippen molar-refractivity contribution in [2.45, 2.75) is 34.2 Å². The molecule has 0 atom stereocenters. The fraction of sp³-hybridized carbons (Fsp3) is 0.200. The molecule has 0 saturated heterocycles. The molecule has 152 valence electrons. The van der Waals surface area contributed by atoms with Crippen LogP contribution >= 0.6 is 0 Å². The number of carbonyl (C=O) groups excluding carboxylic acids is 2. The van der Waals surface area contributed by atoms with Crippen molar-refractivity contribution in [1.29, 1.82) is 0 Å². The Balaban J connectivity index is 1.79. The van der Waals surface area contributed by atoms with E-state index in [-0.39, 0.29) is 18.4 Å². The van der Waals surface area contributed by atoms with Gasteiger partial charge in [-0.3, -0.25) is 14.5 Å². The van der Waals surface area contributed by atoms with Crippen molar-refractivity contribution in [3.8, 4) is 0 Å². The third-order valence-electron chi connectivity index (χ3n) is 5.35. The van der Waals surface area contributed by atoms with E-state index in [2.05, 4.69) is 11.4 Å². The molecule has 0 unspecified atom stereocenters. The lowest BCUT2D eigenvalue weighted by Crippen LogP contribution is -2.31. The maximum Gasteiger partial charge on any atom is 0.278 e. The molecule has 0 radical (unpaired) electrons. The van der Waals surface area contributed by atoms with Crippen molar-refractivity contribution in [2.75, 3.05) is 5.32 Å². The quantitative estimate of drug-likeness (QED) is 0.619. The van der Waals surface area contributed by atoms with Crippen molar-refractivity contribution in [3.63, 3.8) is 0 Å². The minimum atomic E-state index is -0.358. The van der Waals surface area contributed by atoms with E-state index in [1.807, 2.05) is 58.0 Å². The predicted molar refractivity (Wildman–Crippen MR) is 117 cm³/mol. The molecule has 2 aromatic carbocycles. The highest BCUT2D eigenvalue weighted by Crippen LogP contribution is 2.32. The number of anilines is 1. The van der Waals surface area contributed by atoms with Gasteiger partial charge in [0.15, 0.2) is 0 Å². The van der Waals surface area contributed by atoms with Gasteiger partial charge in [-0.15, -0.1) is 0 Å². The van der Waals surface area contributed by atoms with Crippen LogP contribution in [0.25, 0.3) is 5.57 Å². The molecule has 0 fully saturated rings. The van der Waals surface area contributed by atoms with E-state index in [0.29, 0.717) is 17.0 Å². The first-order valence-electron chi connectivity index (χ1n) is 9.89. The Labute approximate surface area is 176 Å². The van der Waals surface area contributed by atoms with Gasteiger partial charge in [0, 0.05) is 5.69 Å². The zero-order valence-electron chi connectivity index (χ0n) is 17.6. The van der Waals surface area contributed by atoms with Gasteiger partial charge in [-0.1, -0.05) is 24.3 Å². The number of amides is 2. The average molecular weight is 400 g/mol. The maximum absolute atomic E-state index is 13.3. The van der Waals surface area contributed by atoms with Gasteiger partial charge in [-0.05, 0) is 79.8 Å². The number of furan rings is 1. The van der Waals surface area contributed by atoms with Crippen LogP contribution in [-0.4, -0.2) is 16.7 Å². The number of aryl methyl sites for hydroxylation is 4. The van der Waals surface area contributed by atoms with Crippen LogP contribution in [0.4, 0.5) is 5.69 Å². The average Bonchev–Trinajstić information content (AvgIpc) is 3.27. The third kappa shape index (κ3) is 3.66. The topological polar surface area (TPSA) is 62.6 Å². The second-order valence-electron chi connectivity index (χ2n) is 7.83. The highest BCUT2D eigenvalue weighted by atomic mass is 16.3. The first kappa shape index (κ1) is 19.7. The Morgan fingerprint density at radius 2 is 1.60 bits per heavy atom. The second-order valence-corrected chi connectivity index (χ2v) is 7.83. The predicted octanol–water partition coefficient (Wildman–Crippen LogP) is 4.91. The largest absolute Gasteiger partial charge is 0.467 e. The molecule has 0 spiro atoms. The Bertz CT molecular complexity index is 1150. The van der Waals surface area contributed by atoms with Gasteiger partial charge in [-0.25, -0.2) is 0 Å². The van der Waals surface area contributed by atoms with E-state index in [9.17, 15) is 9.59 Å². The number of nitrogens with zero attached hydrogens (tertiary/aromatic N) is 1. The highest BCUT2D eigenvalue weighted by molar-refractivity contribution is 6.36. The van der Waals surface area contributed by atoms with E-state index < -0.39 is 0 Å². The van der Waals surface area contributed by atoms with Gasteiger partial charge in [0.05, 0.1) is 18.4 Å². The lowest BCUT2D eigenvalue weighted by molar-refractivity contribution is -0.137. The minimum absolute atomic E-state index is 0.0943. The van der Waals surface area contributed by atoms with Crippen LogP contribution in [0.15, 0.2) is 64.9 Å². The zero-order chi connectivity index (χ0) is 21.4. The van der Waals surface area contributed by atoms with Gasteiger partial charge >= 0.3 is 0 Å². The molecule has 5 heteroatoms. The van der Waals surface area contributed by atoms with E-state index in [0.717, 1.165) is 33.5 Å². The maximum atomic E-state index is 13.3. The van der Waals surface area contributed by atoms with E-state index >= 15 is 0 Å². The Morgan fingerprint density at radius 1 is 0.867 bits per heavy atom. The van der Waals surface area contributed by atoms with Crippen molar-refractivity contribution in [2.24, 2.45) is 0 Å². The minimum Gasteiger partial charge on any atom is -0.467 e. The summed E-state index contributed by atoms with van der Waals surface area (Å²) in [6.07, 6.45) is 1.53. The summed E-state index contributed by atoms with van der Waals surface area (Å²) in [6.45, 7) is 8.12. The first-order valence-corrected chi connectivity index (χ1v) is 9.89. The van der Waals surface area contributed by atoms with E-state index in [4.69, 9.17) is 4.42 Å². The Kier molecular flexibility index (Phi) is 5.04. The van der Waals surface area contributed by atoms with Crippen LogP contribution in [0, 0.1) is 27.7 Å². The smallest absolute Gasteiger partial charge is 0.278 e. The summed E-state index contributed by atoms with van der Waals surface area (Å²) >= 11 is 0. The number of hydrogen-bond acceptors (Lipinski definition) is 4. The second kappa shape index (κ2) is 7.67. The molecule has 1 aliphatic rings. The first-order chi connectivity index (χ1) is 14.3. The fourth-order valence-corrected chi connectivity index (χ4v) is 3.75. The molecular weight excluding hydrogens is 376 g/mol. The lowest BCUT2D eigenvalue weighted by atomic mass is 9.99. The number of benzene rings is 2. The van der Waals surface area contributed by atoms with Crippen LogP contribution in [0.3, 0.4) is 0 Å². The Hall–Kier alpha value is -3.60. The molecule has 1 aromatic heterocycles. The Morgan fingerprint density at radius 3 is 2.23 bits per heavy atom. The molecule has 0 saturated carbocycles. The number of hydrogen-bond donors (Lipinski definition) is 1. The zero-order valence-corrected chi connectivity index (χ0v) is 17.6. The van der Waals surface area contributed by atoms with Crippen molar-refractivity contribution in [1.82, 2.24) is 4.90 Å². The van der Waals surface area contributed by atoms with Crippen molar-refractivity contribution >= 4 is 23.1 Å². The SMILES string of the molecule is Cc1cc(C)cc(NC2=C(c3ccc(C)c(C)c3)C(=O)N(Cc3ccco3)C2=O)c1. The molecule has 5 nitrogen and oxygen atoms in total. The van der Waals surface area contributed by atoms with E-state index in [1.165, 1.54) is 11.2 Å². The highest BCUT2D eigenvalue weighted by Gasteiger charge is 2.39. The fourth-order valence-electron chi connectivity index (χ4n) is 3.75. The van der Waals surface area contributed by atoms with Crippen molar-refractivity contribution in [3.05, 3.63) is 94.1 Å². The summed E-state index contributed by atoms with van der Waals surface area (Å²) in [5.41, 5.74) is 6.54. The monoisotopic (exact) mass is 400 g/mol. The van der Waals surface area contributed by atoms with Gasteiger partial charge < -0.3 is 9.73 Å². The van der Waals surface area contributed by atoms with Crippen LogP contribution in [0.5, 0.6) is 0 Å². The van der Waals surface area contributed by atoms with Gasteiger partial charge in [0.25, 0.3) is 11.8 Å². The lowest BCUT2D eigenvalue weighted by Gasteiger charge is -2.14. The van der Waals surface area contributed by atoms with Crippen LogP contribution in [0.2, 0.25) is 0 Å². The van der Waals surface area contributed by atoms with Gasteiger partial charge in [-0.2, -0.15) is 0 Å². The van der Waals surface area contributed by atoms with Gasteiger partial charge in [0.2, 0.25) is 0 Å². The molecule has 3 aromatic rings. The summed E-state index contributed by atoms with van der Waals surface area (Å²) in [5, 5.41) is 3.23. The summed E-state index contributed by atoms with van der Waals surface area (Å²) in [6, 6.07) is 15.3. The number of rotatable bonds is 5. The summed E-state index contributed by atoms with van der Waals surface area (Å²) in [4.78, 5) is 27.9. The molecular formula is C25H24N2O3. The summed E-state index contributed by atoms with van der Waals surface area (Å²) in [5.74, 6) is -0.126.